The van der Waals surface area contributed by atoms with Crippen LogP contribution in [0.25, 0.3) is 5.76 Å². The molecule has 1 rings (SSSR count). The fourth-order valence-corrected chi connectivity index (χ4v) is 1.60. The first kappa shape index (κ1) is 13.3. The summed E-state index contributed by atoms with van der Waals surface area (Å²) in [5, 5.41) is 0. The Hall–Kier alpha value is -1.77. The second kappa shape index (κ2) is 5.53. The number of hydrogen-bond acceptors (Lipinski definition) is 2. The summed E-state index contributed by atoms with van der Waals surface area (Å²) in [7, 11) is 1.76. The van der Waals surface area contributed by atoms with Crippen molar-refractivity contribution in [3.8, 4) is 0 Å². The van der Waals surface area contributed by atoms with E-state index in [9.17, 15) is 4.79 Å². The number of aryl methyl sites for hydroxylation is 1. The minimum Gasteiger partial charge on any atom is -0.494 e. The first-order chi connectivity index (χ1) is 7.97. The lowest BCUT2D eigenvalue weighted by Crippen LogP contribution is -2.22. The summed E-state index contributed by atoms with van der Waals surface area (Å²) in [6.07, 6.45) is 0. The predicted octanol–water partition coefficient (Wildman–Crippen LogP) is 2.98. The zero-order valence-corrected chi connectivity index (χ0v) is 10.9. The molecule has 0 aliphatic carbocycles. The fraction of sp³-hybridized carbons (Fsp3) is 0.357. The molecule has 0 aromatic heterocycles. The third kappa shape index (κ3) is 3.09. The average molecular weight is 233 g/mol. The van der Waals surface area contributed by atoms with Crippen molar-refractivity contribution in [2.75, 3.05) is 18.6 Å². The summed E-state index contributed by atoms with van der Waals surface area (Å²) in [6.45, 7) is 9.94. The maximum atomic E-state index is 11.3. The summed E-state index contributed by atoms with van der Waals surface area (Å²) in [5.74, 6) is 0.683. The lowest BCUT2D eigenvalue weighted by atomic mass is 10.1. The van der Waals surface area contributed by atoms with E-state index in [4.69, 9.17) is 4.74 Å². The van der Waals surface area contributed by atoms with Gasteiger partial charge in [-0.05, 0) is 37.6 Å². The van der Waals surface area contributed by atoms with Crippen molar-refractivity contribution in [2.45, 2.75) is 20.8 Å². The SMILES string of the molecule is C=C(OCC)c1ccc(N(C)C(C)=O)cc1C. The minimum atomic E-state index is 0.0146. The van der Waals surface area contributed by atoms with Gasteiger partial charge in [0.2, 0.25) is 5.91 Å². The molecule has 0 spiro atoms. The van der Waals surface area contributed by atoms with Crippen LogP contribution in [0.4, 0.5) is 5.69 Å². The van der Waals surface area contributed by atoms with Gasteiger partial charge in [0.25, 0.3) is 0 Å². The van der Waals surface area contributed by atoms with Crippen molar-refractivity contribution in [2.24, 2.45) is 0 Å². The molecule has 0 unspecified atom stereocenters. The van der Waals surface area contributed by atoms with Crippen molar-refractivity contribution in [3.05, 3.63) is 35.9 Å². The maximum Gasteiger partial charge on any atom is 0.223 e. The van der Waals surface area contributed by atoms with E-state index in [2.05, 4.69) is 6.58 Å². The van der Waals surface area contributed by atoms with Crippen LogP contribution in [0.2, 0.25) is 0 Å². The van der Waals surface area contributed by atoms with Gasteiger partial charge in [0.1, 0.15) is 5.76 Å². The Bertz CT molecular complexity index is 438. The van der Waals surface area contributed by atoms with Crippen LogP contribution < -0.4 is 4.90 Å². The van der Waals surface area contributed by atoms with Crippen LogP contribution >= 0.6 is 0 Å². The minimum absolute atomic E-state index is 0.0146. The molecule has 17 heavy (non-hydrogen) atoms. The van der Waals surface area contributed by atoms with E-state index in [1.807, 2.05) is 32.0 Å². The number of amides is 1. The Morgan fingerprint density at radius 2 is 2.12 bits per heavy atom. The van der Waals surface area contributed by atoms with Gasteiger partial charge in [-0.25, -0.2) is 0 Å². The molecule has 0 saturated heterocycles. The molecule has 0 radical (unpaired) electrons. The van der Waals surface area contributed by atoms with E-state index < -0.39 is 0 Å². The normalized spacial score (nSPS) is 9.88. The predicted molar refractivity (Wildman–Crippen MR) is 70.9 cm³/mol. The number of nitrogens with zero attached hydrogens (tertiary/aromatic N) is 1. The molecule has 0 aliphatic heterocycles. The number of rotatable bonds is 4. The van der Waals surface area contributed by atoms with E-state index in [1.54, 1.807) is 18.9 Å². The Labute approximate surface area is 103 Å². The summed E-state index contributed by atoms with van der Waals surface area (Å²) in [4.78, 5) is 12.9. The third-order valence-electron chi connectivity index (χ3n) is 2.69. The molecule has 1 aromatic rings. The lowest BCUT2D eigenvalue weighted by molar-refractivity contribution is -0.116. The number of hydrogen-bond donors (Lipinski definition) is 0. The van der Waals surface area contributed by atoms with Crippen LogP contribution in [0.5, 0.6) is 0 Å². The van der Waals surface area contributed by atoms with Gasteiger partial charge in [0.15, 0.2) is 0 Å². The van der Waals surface area contributed by atoms with Gasteiger partial charge in [-0.15, -0.1) is 0 Å². The molecule has 0 aliphatic rings. The summed E-state index contributed by atoms with van der Waals surface area (Å²) >= 11 is 0. The Balaban J connectivity index is 3.01. The molecule has 0 atom stereocenters. The van der Waals surface area contributed by atoms with Gasteiger partial charge >= 0.3 is 0 Å². The van der Waals surface area contributed by atoms with Gasteiger partial charge in [0.05, 0.1) is 6.61 Å². The zero-order chi connectivity index (χ0) is 13.0. The van der Waals surface area contributed by atoms with E-state index in [1.165, 1.54) is 0 Å². The monoisotopic (exact) mass is 233 g/mol. The second-order valence-corrected chi connectivity index (χ2v) is 3.93. The first-order valence-electron chi connectivity index (χ1n) is 5.64. The van der Waals surface area contributed by atoms with Crippen molar-refractivity contribution < 1.29 is 9.53 Å². The summed E-state index contributed by atoms with van der Waals surface area (Å²) in [6, 6.07) is 5.79. The highest BCUT2D eigenvalue weighted by atomic mass is 16.5. The van der Waals surface area contributed by atoms with Crippen LogP contribution in [-0.2, 0) is 9.53 Å². The average Bonchev–Trinajstić information content (AvgIpc) is 2.27. The molecular formula is C14H19NO2. The number of carbonyl (C=O) groups excluding carboxylic acids is 1. The summed E-state index contributed by atoms with van der Waals surface area (Å²) < 4.78 is 5.38. The number of carbonyl (C=O) groups is 1. The highest BCUT2D eigenvalue weighted by molar-refractivity contribution is 5.91. The van der Waals surface area contributed by atoms with E-state index in [0.29, 0.717) is 12.4 Å². The molecule has 0 bridgehead atoms. The summed E-state index contributed by atoms with van der Waals surface area (Å²) in [5.41, 5.74) is 2.91. The van der Waals surface area contributed by atoms with Crippen molar-refractivity contribution in [1.29, 1.82) is 0 Å². The molecule has 92 valence electrons. The molecule has 3 heteroatoms. The van der Waals surface area contributed by atoms with Gasteiger partial charge in [0, 0.05) is 25.2 Å². The molecule has 0 heterocycles. The van der Waals surface area contributed by atoms with Crippen molar-refractivity contribution >= 4 is 17.4 Å². The molecule has 0 saturated carbocycles. The lowest BCUT2D eigenvalue weighted by Gasteiger charge is -2.17. The standard InChI is InChI=1S/C14H19NO2/c1-6-17-11(3)14-8-7-13(9-10(14)2)15(5)12(4)16/h7-9H,3,6H2,1-2,4-5H3. The maximum absolute atomic E-state index is 11.3. The highest BCUT2D eigenvalue weighted by Crippen LogP contribution is 2.23. The van der Waals surface area contributed by atoms with Gasteiger partial charge in [-0.2, -0.15) is 0 Å². The second-order valence-electron chi connectivity index (χ2n) is 3.93. The van der Waals surface area contributed by atoms with E-state index in [-0.39, 0.29) is 5.91 Å². The smallest absolute Gasteiger partial charge is 0.223 e. The molecule has 3 nitrogen and oxygen atoms in total. The fourth-order valence-electron chi connectivity index (χ4n) is 1.60. The van der Waals surface area contributed by atoms with Crippen molar-refractivity contribution in [1.82, 2.24) is 0 Å². The number of anilines is 1. The van der Waals surface area contributed by atoms with Crippen LogP contribution in [0.15, 0.2) is 24.8 Å². The van der Waals surface area contributed by atoms with E-state index in [0.717, 1.165) is 16.8 Å². The van der Waals surface area contributed by atoms with Gasteiger partial charge in [-0.1, -0.05) is 6.58 Å². The first-order valence-corrected chi connectivity index (χ1v) is 5.64. The number of ether oxygens (including phenoxy) is 1. The molecule has 0 N–H and O–H groups in total. The molecular weight excluding hydrogens is 214 g/mol. The van der Waals surface area contributed by atoms with Crippen LogP contribution in [0, 0.1) is 6.92 Å². The Morgan fingerprint density at radius 1 is 1.47 bits per heavy atom. The van der Waals surface area contributed by atoms with Crippen LogP contribution in [0.1, 0.15) is 25.0 Å². The van der Waals surface area contributed by atoms with E-state index >= 15 is 0 Å². The quantitative estimate of drug-likeness (QED) is 0.748. The van der Waals surface area contributed by atoms with Gasteiger partial charge < -0.3 is 9.64 Å². The van der Waals surface area contributed by atoms with Crippen LogP contribution in [0.3, 0.4) is 0 Å². The topological polar surface area (TPSA) is 29.5 Å². The third-order valence-corrected chi connectivity index (χ3v) is 2.69. The van der Waals surface area contributed by atoms with Crippen LogP contribution in [-0.4, -0.2) is 19.6 Å². The number of benzene rings is 1. The highest BCUT2D eigenvalue weighted by Gasteiger charge is 2.09. The Kier molecular flexibility index (Phi) is 4.32. The largest absolute Gasteiger partial charge is 0.494 e. The molecule has 1 amide bonds. The van der Waals surface area contributed by atoms with Crippen molar-refractivity contribution in [3.63, 3.8) is 0 Å². The zero-order valence-electron chi connectivity index (χ0n) is 10.9. The molecule has 0 fully saturated rings. The molecule has 1 aromatic carbocycles. The van der Waals surface area contributed by atoms with Gasteiger partial charge in [-0.3, -0.25) is 4.79 Å². The Morgan fingerprint density at radius 3 is 2.59 bits per heavy atom.